The van der Waals surface area contributed by atoms with E-state index in [1.54, 1.807) is 12.3 Å². The third-order valence-electron chi connectivity index (χ3n) is 3.73. The second-order valence-corrected chi connectivity index (χ2v) is 7.05. The second kappa shape index (κ2) is 8.17. The molecule has 0 atom stereocenters. The van der Waals surface area contributed by atoms with Crippen molar-refractivity contribution in [2.45, 2.75) is 26.9 Å². The zero-order valence-electron chi connectivity index (χ0n) is 15.9. The molecule has 2 N–H and O–H groups in total. The molecule has 0 fully saturated rings. The van der Waals surface area contributed by atoms with Crippen LogP contribution in [0.25, 0.3) is 11.5 Å². The molecule has 9 nitrogen and oxygen atoms in total. The molecule has 3 rings (SSSR count). The average Bonchev–Trinajstić information content (AvgIpc) is 3.11. The number of aromatic nitrogens is 4. The lowest BCUT2D eigenvalue weighted by atomic mass is 10.2. The van der Waals surface area contributed by atoms with E-state index >= 15 is 0 Å². The van der Waals surface area contributed by atoms with E-state index in [-0.39, 0.29) is 6.10 Å². The molecule has 28 heavy (non-hydrogen) atoms. The molecule has 0 spiro atoms. The number of aryl methyl sites for hydroxylation is 1. The van der Waals surface area contributed by atoms with E-state index in [2.05, 4.69) is 24.6 Å². The Hall–Kier alpha value is -3.27. The van der Waals surface area contributed by atoms with Crippen molar-refractivity contribution in [3.63, 3.8) is 0 Å². The lowest BCUT2D eigenvalue weighted by Crippen LogP contribution is -2.24. The molecule has 10 heteroatoms. The molecule has 3 aromatic heterocycles. The van der Waals surface area contributed by atoms with Gasteiger partial charge in [-0.1, -0.05) is 0 Å². The normalized spacial score (nSPS) is 10.8. The molecular weight excluding hydrogens is 380 g/mol. The Morgan fingerprint density at radius 3 is 2.68 bits per heavy atom. The molecule has 0 aromatic carbocycles. The van der Waals surface area contributed by atoms with E-state index in [0.717, 1.165) is 10.5 Å². The fraction of sp³-hybridized carbons (Fsp3) is 0.278. The number of nitrogens with one attached hydrogen (secondary N) is 1. The summed E-state index contributed by atoms with van der Waals surface area (Å²) in [6.07, 6.45) is 2.17. The first-order chi connectivity index (χ1) is 13.3. The highest BCUT2D eigenvalue weighted by molar-refractivity contribution is 7.09. The number of anilines is 3. The summed E-state index contributed by atoms with van der Waals surface area (Å²) < 4.78 is 9.90. The van der Waals surface area contributed by atoms with Gasteiger partial charge in [0.25, 0.3) is 0 Å². The molecule has 1 amide bonds. The minimum Gasteiger partial charge on any atom is -0.489 e. The van der Waals surface area contributed by atoms with E-state index in [9.17, 15) is 4.79 Å². The monoisotopic (exact) mass is 400 g/mol. The van der Waals surface area contributed by atoms with Gasteiger partial charge in [0.2, 0.25) is 5.13 Å². The van der Waals surface area contributed by atoms with Crippen molar-refractivity contribution in [2.24, 2.45) is 0 Å². The van der Waals surface area contributed by atoms with Gasteiger partial charge in [0.1, 0.15) is 17.3 Å². The maximum absolute atomic E-state index is 11.1. The largest absolute Gasteiger partial charge is 0.489 e. The molecule has 0 unspecified atom stereocenters. The molecule has 3 heterocycles. The van der Waals surface area contributed by atoms with Gasteiger partial charge in [0.05, 0.1) is 24.2 Å². The minimum atomic E-state index is -1.05. The molecular formula is C18H20N6O3S. The molecule has 0 saturated carbocycles. The number of hydrogen-bond acceptors (Lipinski definition) is 8. The van der Waals surface area contributed by atoms with Gasteiger partial charge < -0.3 is 15.2 Å². The number of carbonyl (C=O) groups is 1. The van der Waals surface area contributed by atoms with Crippen LogP contribution in [0.1, 0.15) is 19.4 Å². The smallest absolute Gasteiger partial charge is 0.411 e. The summed E-state index contributed by atoms with van der Waals surface area (Å²) in [5, 5.41) is 12.7. The standard InChI is InChI=1S/C18H20N6O3S/c1-10(2)27-13-5-6-14(19-9-13)16-22-17(28-23-16)21-15-11(3)7-12(8-20-15)24(4)18(25)26/h5-10H,1-4H3,(H,25,26)(H,20,21,22,23). The van der Waals surface area contributed by atoms with Crippen molar-refractivity contribution >= 4 is 34.3 Å². The molecule has 0 bridgehead atoms. The van der Waals surface area contributed by atoms with Crippen molar-refractivity contribution in [2.75, 3.05) is 17.3 Å². The van der Waals surface area contributed by atoms with Crippen LogP contribution in [0.4, 0.5) is 21.4 Å². The topological polar surface area (TPSA) is 113 Å². The van der Waals surface area contributed by atoms with Crippen LogP contribution in [0.2, 0.25) is 0 Å². The zero-order chi connectivity index (χ0) is 20.3. The summed E-state index contributed by atoms with van der Waals surface area (Å²) in [4.78, 5) is 25.2. The van der Waals surface area contributed by atoms with Crippen LogP contribution in [0.5, 0.6) is 5.75 Å². The molecule has 146 valence electrons. The maximum atomic E-state index is 11.1. The van der Waals surface area contributed by atoms with E-state index in [4.69, 9.17) is 9.84 Å². The highest BCUT2D eigenvalue weighted by Gasteiger charge is 2.13. The van der Waals surface area contributed by atoms with Gasteiger partial charge in [0.15, 0.2) is 5.82 Å². The summed E-state index contributed by atoms with van der Waals surface area (Å²) in [6.45, 7) is 5.75. The average molecular weight is 400 g/mol. The van der Waals surface area contributed by atoms with Crippen LogP contribution in [-0.4, -0.2) is 43.7 Å². The first kappa shape index (κ1) is 19.5. The highest BCUT2D eigenvalue weighted by atomic mass is 32.1. The first-order valence-corrected chi connectivity index (χ1v) is 9.28. The third-order valence-corrected chi connectivity index (χ3v) is 4.36. The third kappa shape index (κ3) is 4.52. The number of amides is 1. The van der Waals surface area contributed by atoms with Crippen molar-refractivity contribution in [3.05, 3.63) is 36.2 Å². The number of ether oxygens (including phenoxy) is 1. The van der Waals surface area contributed by atoms with Gasteiger partial charge >= 0.3 is 6.09 Å². The van der Waals surface area contributed by atoms with Crippen molar-refractivity contribution < 1.29 is 14.6 Å². The lowest BCUT2D eigenvalue weighted by Gasteiger charge is -2.14. The van der Waals surface area contributed by atoms with Crippen molar-refractivity contribution in [1.29, 1.82) is 0 Å². The summed E-state index contributed by atoms with van der Waals surface area (Å²) in [5.41, 5.74) is 1.92. The second-order valence-electron chi connectivity index (χ2n) is 6.29. The fourth-order valence-corrected chi connectivity index (χ4v) is 2.90. The SMILES string of the molecule is Cc1cc(N(C)C(=O)O)cnc1Nc1nc(-c2ccc(OC(C)C)cn2)ns1. The predicted molar refractivity (Wildman–Crippen MR) is 108 cm³/mol. The van der Waals surface area contributed by atoms with Gasteiger partial charge in [-0.05, 0) is 44.5 Å². The fourth-order valence-electron chi connectivity index (χ4n) is 2.32. The summed E-state index contributed by atoms with van der Waals surface area (Å²) in [7, 11) is 1.47. The molecule has 0 aliphatic rings. The van der Waals surface area contributed by atoms with Gasteiger partial charge in [-0.15, -0.1) is 0 Å². The number of nitrogens with zero attached hydrogens (tertiary/aromatic N) is 5. The number of carboxylic acid groups (broad SMARTS) is 1. The van der Waals surface area contributed by atoms with Gasteiger partial charge in [0, 0.05) is 18.6 Å². The Morgan fingerprint density at radius 1 is 1.29 bits per heavy atom. The van der Waals surface area contributed by atoms with Crippen LogP contribution >= 0.6 is 11.5 Å². The Bertz CT molecular complexity index is 974. The summed E-state index contributed by atoms with van der Waals surface area (Å²) in [5.74, 6) is 1.78. The highest BCUT2D eigenvalue weighted by Crippen LogP contribution is 2.26. The minimum absolute atomic E-state index is 0.0817. The Kier molecular flexibility index (Phi) is 5.69. The van der Waals surface area contributed by atoms with E-state index in [0.29, 0.717) is 33.9 Å². The quantitative estimate of drug-likeness (QED) is 0.639. The lowest BCUT2D eigenvalue weighted by molar-refractivity contribution is 0.203. The molecule has 3 aromatic rings. The van der Waals surface area contributed by atoms with E-state index in [1.165, 1.54) is 24.8 Å². The number of pyridine rings is 2. The van der Waals surface area contributed by atoms with Crippen molar-refractivity contribution in [1.82, 2.24) is 19.3 Å². The summed E-state index contributed by atoms with van der Waals surface area (Å²) >= 11 is 1.19. The van der Waals surface area contributed by atoms with Gasteiger partial charge in [-0.25, -0.2) is 14.8 Å². The first-order valence-electron chi connectivity index (χ1n) is 8.50. The molecule has 0 radical (unpaired) electrons. The van der Waals surface area contributed by atoms with Crippen LogP contribution in [0.15, 0.2) is 30.6 Å². The molecule has 0 aliphatic carbocycles. The van der Waals surface area contributed by atoms with Gasteiger partial charge in [-0.2, -0.15) is 9.36 Å². The Balaban J connectivity index is 1.73. The van der Waals surface area contributed by atoms with Crippen LogP contribution in [0.3, 0.4) is 0 Å². The van der Waals surface area contributed by atoms with Gasteiger partial charge in [-0.3, -0.25) is 4.90 Å². The van der Waals surface area contributed by atoms with E-state index in [1.807, 2.05) is 32.9 Å². The predicted octanol–water partition coefficient (Wildman–Crippen LogP) is 3.95. The molecule has 0 aliphatic heterocycles. The Morgan fingerprint density at radius 2 is 2.07 bits per heavy atom. The summed E-state index contributed by atoms with van der Waals surface area (Å²) in [6, 6.07) is 5.38. The molecule has 0 saturated heterocycles. The van der Waals surface area contributed by atoms with Crippen LogP contribution in [-0.2, 0) is 0 Å². The number of hydrogen-bond donors (Lipinski definition) is 2. The van der Waals surface area contributed by atoms with Crippen LogP contribution < -0.4 is 15.0 Å². The van der Waals surface area contributed by atoms with Crippen LogP contribution in [0, 0.1) is 6.92 Å². The number of rotatable bonds is 6. The van der Waals surface area contributed by atoms with E-state index < -0.39 is 6.09 Å². The Labute approximate surface area is 166 Å². The zero-order valence-corrected chi connectivity index (χ0v) is 16.7. The maximum Gasteiger partial charge on any atom is 0.411 e. The van der Waals surface area contributed by atoms with Crippen molar-refractivity contribution in [3.8, 4) is 17.3 Å².